The molecule has 0 spiro atoms. The number of carbonyl (C=O) groups excluding carboxylic acids is 1. The average molecular weight is 238 g/mol. The summed E-state index contributed by atoms with van der Waals surface area (Å²) in [4.78, 5) is 12.7. The van der Waals surface area contributed by atoms with Crippen LogP contribution in [0.5, 0.6) is 0 Å². The predicted molar refractivity (Wildman–Crippen MR) is 64.6 cm³/mol. The summed E-state index contributed by atoms with van der Waals surface area (Å²) in [6.45, 7) is 2.73. The van der Waals surface area contributed by atoms with E-state index >= 15 is 0 Å². The molecule has 2 heterocycles. The first-order chi connectivity index (χ1) is 7.67. The van der Waals surface area contributed by atoms with Gasteiger partial charge in [-0.05, 0) is 19.1 Å². The van der Waals surface area contributed by atoms with Crippen molar-refractivity contribution in [3.05, 3.63) is 22.7 Å². The number of rotatable bonds is 3. The van der Waals surface area contributed by atoms with E-state index in [1.165, 1.54) is 0 Å². The summed E-state index contributed by atoms with van der Waals surface area (Å²) in [5.74, 6) is -0.275. The molecule has 0 aliphatic rings. The molecule has 0 atom stereocenters. The van der Waals surface area contributed by atoms with Crippen LogP contribution in [-0.4, -0.2) is 17.1 Å². The molecule has 4 nitrogen and oxygen atoms in total. The second-order valence-electron chi connectivity index (χ2n) is 3.48. The van der Waals surface area contributed by atoms with Crippen molar-refractivity contribution in [2.75, 3.05) is 6.61 Å². The molecule has 0 aliphatic carbocycles. The monoisotopic (exact) mass is 238 g/mol. The van der Waals surface area contributed by atoms with E-state index in [4.69, 9.17) is 10.5 Å². The molecule has 0 radical (unpaired) electrons. The second-order valence-corrected chi connectivity index (χ2v) is 4.64. The Morgan fingerprint density at radius 3 is 2.88 bits per heavy atom. The van der Waals surface area contributed by atoms with Gasteiger partial charge in [0.15, 0.2) is 0 Å². The number of thiophene rings is 1. The van der Waals surface area contributed by atoms with Crippen LogP contribution in [0.4, 0.5) is 0 Å². The van der Waals surface area contributed by atoms with Crippen LogP contribution in [0.1, 0.15) is 22.3 Å². The number of carbonyl (C=O) groups is 1. The van der Waals surface area contributed by atoms with E-state index in [0.717, 1.165) is 15.1 Å². The minimum atomic E-state index is -0.275. The summed E-state index contributed by atoms with van der Waals surface area (Å²) in [5, 5.41) is 0. The second kappa shape index (κ2) is 4.27. The van der Waals surface area contributed by atoms with E-state index in [0.29, 0.717) is 18.8 Å². The quantitative estimate of drug-likeness (QED) is 0.830. The van der Waals surface area contributed by atoms with Crippen LogP contribution < -0.4 is 5.73 Å². The van der Waals surface area contributed by atoms with E-state index in [1.54, 1.807) is 18.3 Å². The summed E-state index contributed by atoms with van der Waals surface area (Å²) in [6, 6.07) is 3.87. The maximum atomic E-state index is 11.6. The number of nitrogens with zero attached hydrogens (tertiary/aromatic N) is 1. The standard InChI is InChI=1S/C11H14N2O2S/c1-3-15-11(14)9-5-10-8(13(9)2)4-7(6-12)16-10/h4-5H,3,6,12H2,1-2H3. The third kappa shape index (κ3) is 1.72. The van der Waals surface area contributed by atoms with Gasteiger partial charge in [0.25, 0.3) is 0 Å². The van der Waals surface area contributed by atoms with Crippen LogP contribution in [-0.2, 0) is 18.3 Å². The lowest BCUT2D eigenvalue weighted by molar-refractivity contribution is 0.0516. The molecule has 0 bridgehead atoms. The van der Waals surface area contributed by atoms with Crippen molar-refractivity contribution in [3.63, 3.8) is 0 Å². The Balaban J connectivity index is 2.45. The molecule has 5 heteroatoms. The zero-order chi connectivity index (χ0) is 11.7. The van der Waals surface area contributed by atoms with Crippen LogP contribution in [0.3, 0.4) is 0 Å². The van der Waals surface area contributed by atoms with Crippen molar-refractivity contribution in [1.29, 1.82) is 0 Å². The Hall–Kier alpha value is -1.33. The summed E-state index contributed by atoms with van der Waals surface area (Å²) < 4.78 is 7.91. The Morgan fingerprint density at radius 1 is 1.56 bits per heavy atom. The molecule has 86 valence electrons. The Kier molecular flexibility index (Phi) is 2.98. The minimum absolute atomic E-state index is 0.275. The van der Waals surface area contributed by atoms with Gasteiger partial charge in [-0.1, -0.05) is 0 Å². The Bertz CT molecular complexity index is 527. The Labute approximate surface area is 97.6 Å². The number of hydrogen-bond acceptors (Lipinski definition) is 4. The topological polar surface area (TPSA) is 57.2 Å². The molecule has 0 saturated carbocycles. The first kappa shape index (κ1) is 11.2. The number of hydrogen-bond donors (Lipinski definition) is 1. The smallest absolute Gasteiger partial charge is 0.354 e. The number of fused-ring (bicyclic) bond motifs is 1. The maximum Gasteiger partial charge on any atom is 0.354 e. The molecule has 0 aromatic carbocycles. The summed E-state index contributed by atoms with van der Waals surface area (Å²) in [5.41, 5.74) is 7.20. The lowest BCUT2D eigenvalue weighted by Crippen LogP contribution is -2.09. The lowest BCUT2D eigenvalue weighted by atomic mass is 10.4. The van der Waals surface area contributed by atoms with Crippen molar-refractivity contribution >= 4 is 27.5 Å². The highest BCUT2D eigenvalue weighted by molar-refractivity contribution is 7.19. The van der Waals surface area contributed by atoms with Crippen molar-refractivity contribution in [2.24, 2.45) is 12.8 Å². The average Bonchev–Trinajstić information content (AvgIpc) is 2.79. The number of esters is 1. The fourth-order valence-corrected chi connectivity index (χ4v) is 2.67. The lowest BCUT2D eigenvalue weighted by Gasteiger charge is -2.02. The third-order valence-corrected chi connectivity index (χ3v) is 3.56. The fraction of sp³-hybridized carbons (Fsp3) is 0.364. The van der Waals surface area contributed by atoms with Gasteiger partial charge >= 0.3 is 5.97 Å². The highest BCUT2D eigenvalue weighted by Gasteiger charge is 2.15. The number of aryl methyl sites for hydroxylation is 1. The molecule has 2 aromatic rings. The minimum Gasteiger partial charge on any atom is -0.461 e. The van der Waals surface area contributed by atoms with Crippen LogP contribution in [0.2, 0.25) is 0 Å². The zero-order valence-electron chi connectivity index (χ0n) is 9.32. The summed E-state index contributed by atoms with van der Waals surface area (Å²) >= 11 is 1.61. The van der Waals surface area contributed by atoms with Crippen LogP contribution in [0.25, 0.3) is 10.2 Å². The van der Waals surface area contributed by atoms with Gasteiger partial charge in [0.05, 0.1) is 16.8 Å². The van der Waals surface area contributed by atoms with Gasteiger partial charge in [-0.3, -0.25) is 0 Å². The van der Waals surface area contributed by atoms with E-state index in [-0.39, 0.29) is 5.97 Å². The van der Waals surface area contributed by atoms with E-state index < -0.39 is 0 Å². The van der Waals surface area contributed by atoms with Gasteiger partial charge in [0.2, 0.25) is 0 Å². The summed E-state index contributed by atoms with van der Waals surface area (Å²) in [6.07, 6.45) is 0. The van der Waals surface area contributed by atoms with Gasteiger partial charge in [0, 0.05) is 18.5 Å². The van der Waals surface area contributed by atoms with E-state index in [2.05, 4.69) is 0 Å². The largest absolute Gasteiger partial charge is 0.461 e. The van der Waals surface area contributed by atoms with Gasteiger partial charge in [0.1, 0.15) is 5.69 Å². The molecule has 0 fully saturated rings. The predicted octanol–water partition coefficient (Wildman–Crippen LogP) is 1.88. The third-order valence-electron chi connectivity index (χ3n) is 2.47. The zero-order valence-corrected chi connectivity index (χ0v) is 10.1. The van der Waals surface area contributed by atoms with Crippen molar-refractivity contribution in [2.45, 2.75) is 13.5 Å². The molecule has 0 aliphatic heterocycles. The number of ether oxygens (including phenoxy) is 1. The highest BCUT2D eigenvalue weighted by atomic mass is 32.1. The van der Waals surface area contributed by atoms with Gasteiger partial charge in [-0.2, -0.15) is 0 Å². The molecule has 2 aromatic heterocycles. The molecule has 0 amide bonds. The van der Waals surface area contributed by atoms with Gasteiger partial charge < -0.3 is 15.0 Å². The first-order valence-corrected chi connectivity index (χ1v) is 5.94. The van der Waals surface area contributed by atoms with Crippen molar-refractivity contribution < 1.29 is 9.53 Å². The molecule has 2 rings (SSSR count). The molecule has 0 unspecified atom stereocenters. The van der Waals surface area contributed by atoms with Crippen LogP contribution >= 0.6 is 11.3 Å². The summed E-state index contributed by atoms with van der Waals surface area (Å²) in [7, 11) is 1.86. The number of nitrogens with two attached hydrogens (primary N) is 1. The first-order valence-electron chi connectivity index (χ1n) is 5.12. The Morgan fingerprint density at radius 2 is 2.31 bits per heavy atom. The molecular weight excluding hydrogens is 224 g/mol. The van der Waals surface area contributed by atoms with Gasteiger partial charge in [-0.15, -0.1) is 11.3 Å². The van der Waals surface area contributed by atoms with E-state index in [1.807, 2.05) is 23.7 Å². The molecule has 0 saturated heterocycles. The maximum absolute atomic E-state index is 11.6. The number of aromatic nitrogens is 1. The van der Waals surface area contributed by atoms with Crippen LogP contribution in [0, 0.1) is 0 Å². The van der Waals surface area contributed by atoms with Crippen molar-refractivity contribution in [3.8, 4) is 0 Å². The molecule has 16 heavy (non-hydrogen) atoms. The van der Waals surface area contributed by atoms with Crippen molar-refractivity contribution in [1.82, 2.24) is 4.57 Å². The molecular formula is C11H14N2O2S. The highest BCUT2D eigenvalue weighted by Crippen LogP contribution is 2.28. The van der Waals surface area contributed by atoms with E-state index in [9.17, 15) is 4.79 Å². The van der Waals surface area contributed by atoms with Gasteiger partial charge in [-0.25, -0.2) is 4.79 Å². The molecule has 2 N–H and O–H groups in total. The SMILES string of the molecule is CCOC(=O)c1cc2sc(CN)cc2n1C. The van der Waals surface area contributed by atoms with Crippen LogP contribution in [0.15, 0.2) is 12.1 Å². The normalized spacial score (nSPS) is 10.9. The fourth-order valence-electron chi connectivity index (χ4n) is 1.66.